The summed E-state index contributed by atoms with van der Waals surface area (Å²) in [7, 11) is 0. The third-order valence-corrected chi connectivity index (χ3v) is 14.0. The summed E-state index contributed by atoms with van der Waals surface area (Å²) in [4.78, 5) is 0. The van der Waals surface area contributed by atoms with Crippen LogP contribution in [-0.2, 0) is 5.41 Å². The molecule has 2 aliphatic carbocycles. The van der Waals surface area contributed by atoms with E-state index in [-0.39, 0.29) is 0 Å². The Balaban J connectivity index is 1.17. The van der Waals surface area contributed by atoms with Gasteiger partial charge in [0.05, 0.1) is 11.1 Å². The Morgan fingerprint density at radius 2 is 0.842 bits per heavy atom. The summed E-state index contributed by atoms with van der Waals surface area (Å²) in [5.41, 5.74) is 22.0. The topological polar surface area (TPSA) is 12.0 Å². The first-order valence-electron chi connectivity index (χ1n) is 19.8. The molecule has 1 nitrogen and oxygen atoms in total. The first-order valence-corrected chi connectivity index (χ1v) is 20.6. The lowest BCUT2D eigenvalue weighted by molar-refractivity contribution is 0.777. The van der Waals surface area contributed by atoms with Crippen LogP contribution in [-0.4, -0.2) is 0 Å². The summed E-state index contributed by atoms with van der Waals surface area (Å²) in [5, 5.41) is 6.62. The van der Waals surface area contributed by atoms with Crippen molar-refractivity contribution in [3.63, 3.8) is 0 Å². The zero-order chi connectivity index (χ0) is 37.2. The molecular formula is C55H33NS. The fourth-order valence-electron chi connectivity index (χ4n) is 10.5. The van der Waals surface area contributed by atoms with Crippen LogP contribution in [0.5, 0.6) is 0 Å². The van der Waals surface area contributed by atoms with E-state index in [1.165, 1.54) is 109 Å². The maximum absolute atomic E-state index is 3.97. The Morgan fingerprint density at radius 1 is 0.316 bits per heavy atom. The van der Waals surface area contributed by atoms with Crippen molar-refractivity contribution in [2.75, 3.05) is 5.32 Å². The van der Waals surface area contributed by atoms with Crippen LogP contribution in [0.15, 0.2) is 194 Å². The molecule has 57 heavy (non-hydrogen) atoms. The summed E-state index contributed by atoms with van der Waals surface area (Å²) in [6.07, 6.45) is 0. The van der Waals surface area contributed by atoms with E-state index in [0.29, 0.717) is 0 Å². The van der Waals surface area contributed by atoms with Crippen molar-refractivity contribution in [2.45, 2.75) is 5.41 Å². The van der Waals surface area contributed by atoms with Gasteiger partial charge in [-0.05, 0) is 103 Å². The number of nitrogens with one attached hydrogen (secondary N) is 1. The molecule has 0 fully saturated rings. The number of rotatable bonds is 1. The van der Waals surface area contributed by atoms with Gasteiger partial charge in [0, 0.05) is 42.6 Å². The molecule has 0 amide bonds. The number of benzene rings is 9. The van der Waals surface area contributed by atoms with Gasteiger partial charge in [0.1, 0.15) is 0 Å². The van der Waals surface area contributed by atoms with Gasteiger partial charge in [-0.25, -0.2) is 0 Å². The molecule has 10 aromatic rings. The quantitative estimate of drug-likeness (QED) is 0.177. The van der Waals surface area contributed by atoms with Gasteiger partial charge >= 0.3 is 0 Å². The highest BCUT2D eigenvalue weighted by molar-refractivity contribution is 7.25. The maximum Gasteiger partial charge on any atom is 0.0725 e. The minimum atomic E-state index is -0.581. The predicted molar refractivity (Wildman–Crippen MR) is 241 cm³/mol. The van der Waals surface area contributed by atoms with Gasteiger partial charge in [-0.15, -0.1) is 11.3 Å². The van der Waals surface area contributed by atoms with Crippen LogP contribution in [0, 0.1) is 0 Å². The van der Waals surface area contributed by atoms with E-state index in [4.69, 9.17) is 0 Å². The summed E-state index contributed by atoms with van der Waals surface area (Å²) < 4.78 is 2.66. The van der Waals surface area contributed by atoms with E-state index in [1.807, 2.05) is 11.3 Å². The Bertz CT molecular complexity index is 3350. The molecule has 1 unspecified atom stereocenters. The second-order valence-corrected chi connectivity index (χ2v) is 16.7. The van der Waals surface area contributed by atoms with Crippen molar-refractivity contribution in [2.24, 2.45) is 0 Å². The molecule has 264 valence electrons. The van der Waals surface area contributed by atoms with Crippen molar-refractivity contribution in [3.05, 3.63) is 216 Å². The number of anilines is 2. The monoisotopic (exact) mass is 739 g/mol. The first kappa shape index (κ1) is 31.2. The Labute approximate surface area is 335 Å². The number of hydrogen-bond acceptors (Lipinski definition) is 2. The molecule has 1 N–H and O–H groups in total. The molecule has 0 saturated carbocycles. The van der Waals surface area contributed by atoms with Gasteiger partial charge in [0.2, 0.25) is 0 Å². The first-order chi connectivity index (χ1) is 28.3. The van der Waals surface area contributed by atoms with Crippen LogP contribution in [0.2, 0.25) is 0 Å². The van der Waals surface area contributed by atoms with Gasteiger partial charge < -0.3 is 5.32 Å². The van der Waals surface area contributed by atoms with E-state index in [0.717, 1.165) is 11.4 Å². The van der Waals surface area contributed by atoms with Crippen LogP contribution >= 0.6 is 11.3 Å². The third-order valence-electron chi connectivity index (χ3n) is 12.9. The SMILES string of the molecule is c1ccc2c(c1)Nc1c(-c3ccc4c(c3)C3(c5ccccc5-c5ccccc5-4)c4ccccc4-c4cc5sc6ccccc6c5cc43)cccc1-c1ccccc1-2. The highest BCUT2D eigenvalue weighted by atomic mass is 32.1. The van der Waals surface area contributed by atoms with E-state index in [9.17, 15) is 0 Å². The van der Waals surface area contributed by atoms with Crippen LogP contribution in [0.1, 0.15) is 22.3 Å². The Hall–Kier alpha value is -7.00. The lowest BCUT2D eigenvalue weighted by atomic mass is 9.65. The minimum absolute atomic E-state index is 0.581. The van der Waals surface area contributed by atoms with Gasteiger partial charge in [0.15, 0.2) is 0 Å². The van der Waals surface area contributed by atoms with E-state index < -0.39 is 5.41 Å². The molecule has 2 heteroatoms. The zero-order valence-corrected chi connectivity index (χ0v) is 31.7. The Morgan fingerprint density at radius 3 is 1.60 bits per heavy atom. The standard InChI is InChI=1S/C55H33NS/c1-2-15-36-35(14-1)39-18-5-9-24-47(39)55(48-25-10-6-19-40(48)45-32-53-46(31-50(45)55)43-21-8-12-27-52(43)57-53)49-30-33(28-29-41(36)49)34-22-13-23-44-38-17-4-3-16-37(38)42-20-7-11-26-51(42)56-54(34)44/h1-32,56H. The molecule has 1 atom stereocenters. The normalized spacial score (nSPS) is 15.2. The zero-order valence-electron chi connectivity index (χ0n) is 30.9. The molecule has 1 aliphatic heterocycles. The molecule has 0 radical (unpaired) electrons. The fraction of sp³-hybridized carbons (Fsp3) is 0.0182. The molecule has 13 rings (SSSR count). The van der Waals surface area contributed by atoms with Crippen LogP contribution in [0.25, 0.3) is 86.9 Å². The number of thiophene rings is 1. The summed E-state index contributed by atoms with van der Waals surface area (Å²) >= 11 is 1.90. The average Bonchev–Trinajstić information content (AvgIpc) is 3.69. The Kier molecular flexibility index (Phi) is 6.31. The highest BCUT2D eigenvalue weighted by Crippen LogP contribution is 2.63. The molecule has 3 aliphatic rings. The fourth-order valence-corrected chi connectivity index (χ4v) is 11.7. The van der Waals surface area contributed by atoms with Crippen molar-refractivity contribution in [1.29, 1.82) is 0 Å². The molecule has 9 aromatic carbocycles. The molecular weight excluding hydrogens is 707 g/mol. The number of para-hydroxylation sites is 2. The average molecular weight is 740 g/mol. The second-order valence-electron chi connectivity index (χ2n) is 15.6. The highest BCUT2D eigenvalue weighted by Gasteiger charge is 2.50. The molecule has 0 saturated heterocycles. The largest absolute Gasteiger partial charge is 0.354 e. The van der Waals surface area contributed by atoms with Crippen molar-refractivity contribution < 1.29 is 0 Å². The predicted octanol–water partition coefficient (Wildman–Crippen LogP) is 15.1. The lowest BCUT2D eigenvalue weighted by Crippen LogP contribution is -2.29. The van der Waals surface area contributed by atoms with Crippen molar-refractivity contribution in [1.82, 2.24) is 0 Å². The number of fused-ring (bicyclic) bond motifs is 20. The smallest absolute Gasteiger partial charge is 0.0725 e. The summed E-state index contributed by atoms with van der Waals surface area (Å²) in [6.45, 7) is 0. The minimum Gasteiger partial charge on any atom is -0.354 e. The molecule has 1 aromatic heterocycles. The van der Waals surface area contributed by atoms with Gasteiger partial charge in [0.25, 0.3) is 0 Å². The summed E-state index contributed by atoms with van der Waals surface area (Å²) in [5.74, 6) is 0. The van der Waals surface area contributed by atoms with Crippen molar-refractivity contribution in [3.8, 4) is 66.8 Å². The van der Waals surface area contributed by atoms with Crippen LogP contribution in [0.4, 0.5) is 11.4 Å². The van der Waals surface area contributed by atoms with Gasteiger partial charge in [-0.2, -0.15) is 0 Å². The van der Waals surface area contributed by atoms with Crippen LogP contribution in [0.3, 0.4) is 0 Å². The second kappa shape index (κ2) is 11.5. The van der Waals surface area contributed by atoms with Gasteiger partial charge in [-0.3, -0.25) is 0 Å². The molecule has 1 spiro atoms. The van der Waals surface area contributed by atoms with Crippen LogP contribution < -0.4 is 5.32 Å². The number of hydrogen-bond donors (Lipinski definition) is 1. The molecule has 2 heterocycles. The lowest BCUT2D eigenvalue weighted by Gasteiger charge is -2.36. The van der Waals surface area contributed by atoms with E-state index in [1.54, 1.807) is 0 Å². The summed E-state index contributed by atoms with van der Waals surface area (Å²) in [6, 6.07) is 73.0. The van der Waals surface area contributed by atoms with Crippen molar-refractivity contribution >= 4 is 42.9 Å². The van der Waals surface area contributed by atoms with E-state index >= 15 is 0 Å². The third kappa shape index (κ3) is 4.12. The molecule has 0 bridgehead atoms. The maximum atomic E-state index is 3.97. The van der Waals surface area contributed by atoms with Gasteiger partial charge in [-0.1, -0.05) is 164 Å². The van der Waals surface area contributed by atoms with E-state index in [2.05, 4.69) is 199 Å².